The average molecular weight is 285 g/mol. The smallest absolute Gasteiger partial charge is 0.128 e. The molecular weight excluding hydrogens is 260 g/mol. The van der Waals surface area contributed by atoms with Crippen LogP contribution in [-0.4, -0.2) is 49.7 Å². The maximum absolute atomic E-state index is 4.52. The highest BCUT2D eigenvalue weighted by Crippen LogP contribution is 2.11. The first-order valence-electron chi connectivity index (χ1n) is 6.88. The van der Waals surface area contributed by atoms with E-state index in [1.807, 2.05) is 6.20 Å². The maximum atomic E-state index is 4.52. The van der Waals surface area contributed by atoms with Crippen LogP contribution in [0.5, 0.6) is 0 Å². The molecule has 0 radical (unpaired) electrons. The van der Waals surface area contributed by atoms with Crippen LogP contribution in [0.1, 0.15) is 18.9 Å². The third-order valence-corrected chi connectivity index (χ3v) is 3.51. The van der Waals surface area contributed by atoms with Crippen LogP contribution in [0.15, 0.2) is 18.3 Å². The molecule has 0 saturated carbocycles. The van der Waals surface area contributed by atoms with E-state index >= 15 is 0 Å². The van der Waals surface area contributed by atoms with Crippen molar-refractivity contribution in [1.29, 1.82) is 0 Å². The molecule has 1 aromatic rings. The van der Waals surface area contributed by atoms with Gasteiger partial charge in [0.25, 0.3) is 0 Å². The highest BCUT2D eigenvalue weighted by Gasteiger charge is 2.09. The quantitative estimate of drug-likeness (QED) is 0.913. The topological polar surface area (TPSA) is 31.4 Å². The Morgan fingerprint density at radius 2 is 2.16 bits per heavy atom. The fourth-order valence-corrected chi connectivity index (χ4v) is 2.22. The lowest BCUT2D eigenvalue weighted by Gasteiger charge is -2.20. The van der Waals surface area contributed by atoms with Crippen LogP contribution in [0, 0.1) is 0 Å². The van der Waals surface area contributed by atoms with Gasteiger partial charge >= 0.3 is 0 Å². The monoisotopic (exact) mass is 284 g/mol. The number of hydrogen-bond acceptors (Lipinski definition) is 4. The van der Waals surface area contributed by atoms with Crippen molar-refractivity contribution in [2.75, 3.05) is 44.7 Å². The zero-order valence-corrected chi connectivity index (χ0v) is 12.7. The second-order valence-electron chi connectivity index (χ2n) is 4.92. The van der Waals surface area contributed by atoms with E-state index in [-0.39, 0.29) is 12.4 Å². The summed E-state index contributed by atoms with van der Waals surface area (Å²) < 4.78 is 0. The second-order valence-corrected chi connectivity index (χ2v) is 4.92. The largest absolute Gasteiger partial charge is 0.360 e. The van der Waals surface area contributed by atoms with Crippen LogP contribution in [0.4, 0.5) is 5.82 Å². The number of halogens is 1. The molecule has 1 fully saturated rings. The summed E-state index contributed by atoms with van der Waals surface area (Å²) in [6.07, 6.45) is 3.25. The number of hydrogen-bond donors (Lipinski definition) is 1. The van der Waals surface area contributed by atoms with Crippen LogP contribution >= 0.6 is 12.4 Å². The summed E-state index contributed by atoms with van der Waals surface area (Å²) in [5.41, 5.74) is 1.31. The minimum absolute atomic E-state index is 0. The molecule has 0 spiro atoms. The second kappa shape index (κ2) is 8.35. The fourth-order valence-electron chi connectivity index (χ4n) is 2.22. The van der Waals surface area contributed by atoms with Gasteiger partial charge in [-0.05, 0) is 38.1 Å². The molecule has 0 unspecified atom stereocenters. The summed E-state index contributed by atoms with van der Waals surface area (Å²) in [6.45, 7) is 8.72. The Hall–Kier alpha value is -0.840. The number of rotatable bonds is 4. The van der Waals surface area contributed by atoms with Crippen LogP contribution in [0.25, 0.3) is 0 Å². The predicted molar refractivity (Wildman–Crippen MR) is 83.2 cm³/mol. The zero-order chi connectivity index (χ0) is 12.8. The Kier molecular flexibility index (Phi) is 7.13. The highest BCUT2D eigenvalue weighted by molar-refractivity contribution is 5.85. The van der Waals surface area contributed by atoms with Crippen LogP contribution in [-0.2, 0) is 6.54 Å². The van der Waals surface area contributed by atoms with Gasteiger partial charge in [0, 0.05) is 39.4 Å². The Bertz CT molecular complexity index is 347. The molecule has 0 aromatic carbocycles. The van der Waals surface area contributed by atoms with E-state index in [9.17, 15) is 0 Å². The van der Waals surface area contributed by atoms with Crippen molar-refractivity contribution in [3.05, 3.63) is 23.9 Å². The lowest BCUT2D eigenvalue weighted by molar-refractivity contribution is 0.284. The molecule has 0 atom stereocenters. The van der Waals surface area contributed by atoms with Crippen LogP contribution in [0.2, 0.25) is 0 Å². The van der Waals surface area contributed by atoms with Gasteiger partial charge in [-0.15, -0.1) is 12.4 Å². The Labute approximate surface area is 122 Å². The minimum Gasteiger partial charge on any atom is -0.360 e. The summed E-state index contributed by atoms with van der Waals surface area (Å²) in [5.74, 6) is 1.05. The molecule has 4 nitrogen and oxygen atoms in total. The van der Waals surface area contributed by atoms with E-state index in [1.165, 1.54) is 18.5 Å². The van der Waals surface area contributed by atoms with Gasteiger partial charge in [-0.1, -0.05) is 6.07 Å². The van der Waals surface area contributed by atoms with Crippen LogP contribution in [0.3, 0.4) is 0 Å². The van der Waals surface area contributed by atoms with Crippen molar-refractivity contribution in [1.82, 2.24) is 15.2 Å². The Morgan fingerprint density at radius 1 is 1.32 bits per heavy atom. The molecule has 1 aromatic heterocycles. The molecule has 1 N–H and O–H groups in total. The van der Waals surface area contributed by atoms with Gasteiger partial charge < -0.3 is 10.2 Å². The molecule has 2 rings (SSSR count). The fraction of sp³-hybridized carbons (Fsp3) is 0.643. The van der Waals surface area contributed by atoms with Crippen molar-refractivity contribution < 1.29 is 0 Å². The first-order valence-corrected chi connectivity index (χ1v) is 6.88. The molecule has 0 aliphatic carbocycles. The van der Waals surface area contributed by atoms with Gasteiger partial charge in [0.15, 0.2) is 0 Å². The van der Waals surface area contributed by atoms with Gasteiger partial charge in [0.05, 0.1) is 0 Å². The third-order valence-electron chi connectivity index (χ3n) is 3.51. The normalized spacial score (nSPS) is 16.5. The van der Waals surface area contributed by atoms with Crippen molar-refractivity contribution in [3.63, 3.8) is 0 Å². The summed E-state index contributed by atoms with van der Waals surface area (Å²) in [7, 11) is 2.07. The van der Waals surface area contributed by atoms with Gasteiger partial charge in [-0.25, -0.2) is 4.98 Å². The van der Waals surface area contributed by atoms with Gasteiger partial charge in [0.1, 0.15) is 5.82 Å². The van der Waals surface area contributed by atoms with Gasteiger partial charge in [0.2, 0.25) is 0 Å². The molecular formula is C14H25ClN4. The molecule has 0 bridgehead atoms. The average Bonchev–Trinajstić information content (AvgIpc) is 2.67. The molecule has 1 aliphatic rings. The number of nitrogens with one attached hydrogen (secondary N) is 1. The SMILES string of the molecule is CCN(C)c1ccc(CN2CCCNCC2)cn1.Cl. The van der Waals surface area contributed by atoms with E-state index in [0.29, 0.717) is 0 Å². The maximum Gasteiger partial charge on any atom is 0.128 e. The zero-order valence-electron chi connectivity index (χ0n) is 11.9. The molecule has 5 heteroatoms. The van der Waals surface area contributed by atoms with Crippen molar-refractivity contribution >= 4 is 18.2 Å². The third kappa shape index (κ3) is 4.97. The van der Waals surface area contributed by atoms with Crippen molar-refractivity contribution in [3.8, 4) is 0 Å². The summed E-state index contributed by atoms with van der Waals surface area (Å²) in [6, 6.07) is 4.32. The summed E-state index contributed by atoms with van der Waals surface area (Å²) in [4.78, 5) is 9.17. The van der Waals surface area contributed by atoms with Crippen molar-refractivity contribution in [2.24, 2.45) is 0 Å². The molecule has 0 amide bonds. The number of nitrogens with zero attached hydrogens (tertiary/aromatic N) is 3. The van der Waals surface area contributed by atoms with Crippen molar-refractivity contribution in [2.45, 2.75) is 19.9 Å². The minimum atomic E-state index is 0. The first-order chi connectivity index (χ1) is 8.79. The van der Waals surface area contributed by atoms with Gasteiger partial charge in [-0.3, -0.25) is 4.90 Å². The van der Waals surface area contributed by atoms with E-state index in [2.05, 4.69) is 46.2 Å². The van der Waals surface area contributed by atoms with E-state index < -0.39 is 0 Å². The number of pyridine rings is 1. The summed E-state index contributed by atoms with van der Waals surface area (Å²) in [5, 5.41) is 3.43. The number of aromatic nitrogens is 1. The lowest BCUT2D eigenvalue weighted by Crippen LogP contribution is -2.27. The van der Waals surface area contributed by atoms with E-state index in [0.717, 1.165) is 38.5 Å². The Morgan fingerprint density at radius 3 is 2.84 bits per heavy atom. The predicted octanol–water partition coefficient (Wildman–Crippen LogP) is 1.75. The standard InChI is InChI=1S/C14H24N4.ClH/c1-3-17(2)14-6-5-13(11-16-14)12-18-9-4-7-15-8-10-18;/h5-6,11,15H,3-4,7-10,12H2,1-2H3;1H. The van der Waals surface area contributed by atoms with Crippen LogP contribution < -0.4 is 10.2 Å². The van der Waals surface area contributed by atoms with Gasteiger partial charge in [-0.2, -0.15) is 0 Å². The van der Waals surface area contributed by atoms with E-state index in [1.54, 1.807) is 0 Å². The number of anilines is 1. The Balaban J connectivity index is 0.00000180. The lowest BCUT2D eigenvalue weighted by atomic mass is 10.2. The molecule has 2 heterocycles. The summed E-state index contributed by atoms with van der Waals surface area (Å²) >= 11 is 0. The highest BCUT2D eigenvalue weighted by atomic mass is 35.5. The van der Waals surface area contributed by atoms with E-state index in [4.69, 9.17) is 0 Å². The molecule has 19 heavy (non-hydrogen) atoms. The molecule has 1 saturated heterocycles. The molecule has 108 valence electrons. The molecule has 1 aliphatic heterocycles. The first kappa shape index (κ1) is 16.2.